The molecule has 0 saturated heterocycles. The first-order valence-electron chi connectivity index (χ1n) is 15.3. The van der Waals surface area contributed by atoms with Crippen molar-refractivity contribution in [3.8, 4) is 0 Å². The number of hydrogen-bond donors (Lipinski definition) is 0. The summed E-state index contributed by atoms with van der Waals surface area (Å²) >= 11 is 1.80. The second kappa shape index (κ2) is 17.3. The van der Waals surface area contributed by atoms with Crippen LogP contribution in [0.1, 0.15) is 24.0 Å². The van der Waals surface area contributed by atoms with E-state index in [1.54, 1.807) is 21.6 Å². The standard InChI is InChI=1S/2C20H15.C2H6Ge.2ClH.Zr/c2*1-3-11-17-15(7-1)10-6-14-20(17)19-12-4-2-8-16-9-5-13-18(16)19;1-3-2;;;/h2*1-4,6-14H,5H2;1-2H3;2*1H;/q2*-1;;;;+2/p-2. The summed E-state index contributed by atoms with van der Waals surface area (Å²) in [6.45, 7) is 0. The van der Waals surface area contributed by atoms with Gasteiger partial charge in [-0.25, -0.2) is 0 Å². The zero-order valence-corrected chi connectivity index (χ0v) is 32.2. The third-order valence-corrected chi connectivity index (χ3v) is 7.98. The Balaban J connectivity index is 0.000000180. The third kappa shape index (κ3) is 8.31. The largest absolute Gasteiger partial charge is 1.00 e. The van der Waals surface area contributed by atoms with Gasteiger partial charge in [-0.05, 0) is 32.7 Å². The normalized spacial score (nSPS) is 15.3. The fourth-order valence-corrected chi connectivity index (χ4v) is 6.10. The summed E-state index contributed by atoms with van der Waals surface area (Å²) in [4.78, 5) is 0. The molecule has 228 valence electrons. The second-order valence-corrected chi connectivity index (χ2v) is 28.3. The second-order valence-electron chi connectivity index (χ2n) is 11.3. The Kier molecular flexibility index (Phi) is 13.5. The molecular formula is C42H36Cl2GeZr-2. The molecule has 0 saturated carbocycles. The van der Waals surface area contributed by atoms with Gasteiger partial charge in [0.2, 0.25) is 0 Å². The van der Waals surface area contributed by atoms with E-state index in [2.05, 4.69) is 170 Å². The van der Waals surface area contributed by atoms with Gasteiger partial charge in [0.05, 0.1) is 0 Å². The fourth-order valence-electron chi connectivity index (χ4n) is 6.10. The molecule has 0 spiro atoms. The summed E-state index contributed by atoms with van der Waals surface area (Å²) in [6, 6.07) is 30.3. The minimum Gasteiger partial charge on any atom is -1.00 e. The van der Waals surface area contributed by atoms with Crippen LogP contribution in [0, 0.1) is 12.8 Å². The average molecular weight is 775 g/mol. The number of rotatable bonds is 2. The fraction of sp³-hybridized carbons (Fsp3) is 0.0952. The molecule has 0 aliphatic heterocycles. The Morgan fingerprint density at radius 1 is 0.500 bits per heavy atom. The minimum absolute atomic E-state index is 0. The molecule has 4 aromatic carbocycles. The van der Waals surface area contributed by atoms with Crippen molar-refractivity contribution in [3.63, 3.8) is 0 Å². The Morgan fingerprint density at radius 3 is 1.30 bits per heavy atom. The molecule has 4 aliphatic carbocycles. The van der Waals surface area contributed by atoms with Crippen molar-refractivity contribution >= 4 is 42.7 Å². The van der Waals surface area contributed by atoms with Crippen LogP contribution in [0.25, 0.3) is 32.7 Å². The molecule has 0 bridgehead atoms. The minimum atomic E-state index is -0.243. The summed E-state index contributed by atoms with van der Waals surface area (Å²) in [5.41, 5.74) is 10.7. The maximum Gasteiger partial charge on any atom is -1.00 e. The predicted molar refractivity (Wildman–Crippen MR) is 190 cm³/mol. The van der Waals surface area contributed by atoms with Gasteiger partial charge in [0, 0.05) is 0 Å². The van der Waals surface area contributed by atoms with Crippen LogP contribution in [0.3, 0.4) is 0 Å². The van der Waals surface area contributed by atoms with Gasteiger partial charge in [-0.3, -0.25) is 0 Å². The van der Waals surface area contributed by atoms with Crippen molar-refractivity contribution in [1.82, 2.24) is 0 Å². The van der Waals surface area contributed by atoms with E-state index in [0.29, 0.717) is 0 Å². The number of hydrogen-bond acceptors (Lipinski definition) is 0. The number of benzene rings is 4. The summed E-state index contributed by atoms with van der Waals surface area (Å²) in [5, 5.41) is 5.24. The van der Waals surface area contributed by atoms with E-state index in [0.717, 1.165) is 12.8 Å². The maximum atomic E-state index is 2.37. The Morgan fingerprint density at radius 2 is 0.870 bits per heavy atom. The number of halogens is 2. The smallest absolute Gasteiger partial charge is 1.00 e. The molecule has 0 heterocycles. The van der Waals surface area contributed by atoms with Crippen molar-refractivity contribution in [2.75, 3.05) is 0 Å². The van der Waals surface area contributed by atoms with E-state index in [1.807, 2.05) is 0 Å². The summed E-state index contributed by atoms with van der Waals surface area (Å²) < 4.78 is 0. The Bertz CT molecular complexity index is 1840. The molecule has 4 aliphatic rings. The first-order chi connectivity index (χ1) is 21.6. The van der Waals surface area contributed by atoms with E-state index in [4.69, 9.17) is 0 Å². The van der Waals surface area contributed by atoms with Gasteiger partial charge in [-0.1, -0.05) is 133 Å². The molecule has 46 heavy (non-hydrogen) atoms. The molecule has 8 rings (SSSR count). The predicted octanol–water partition coefficient (Wildman–Crippen LogP) is 5.30. The van der Waals surface area contributed by atoms with E-state index < -0.39 is 0 Å². The first-order valence-corrected chi connectivity index (χ1v) is 27.0. The van der Waals surface area contributed by atoms with E-state index in [9.17, 15) is 0 Å². The first kappa shape index (κ1) is 35.9. The molecule has 0 atom stereocenters. The van der Waals surface area contributed by atoms with Crippen LogP contribution in [0.2, 0.25) is 11.5 Å². The van der Waals surface area contributed by atoms with Crippen molar-refractivity contribution in [2.24, 2.45) is 0 Å². The topological polar surface area (TPSA) is 0 Å². The summed E-state index contributed by atoms with van der Waals surface area (Å²) in [7, 11) is -0.243. The molecule has 4 heteroatoms. The van der Waals surface area contributed by atoms with Crippen molar-refractivity contribution in [1.29, 1.82) is 0 Å². The van der Waals surface area contributed by atoms with Crippen molar-refractivity contribution < 1.29 is 46.4 Å². The Labute approximate surface area is 302 Å². The van der Waals surface area contributed by atoms with Gasteiger partial charge in [0.25, 0.3) is 0 Å². The molecule has 0 N–H and O–H groups in total. The van der Waals surface area contributed by atoms with Gasteiger partial charge in [-0.15, -0.1) is 35.5 Å². The molecule has 4 aromatic rings. The van der Waals surface area contributed by atoms with Gasteiger partial charge in [0.1, 0.15) is 0 Å². The van der Waals surface area contributed by atoms with Crippen LogP contribution in [-0.4, -0.2) is 9.98 Å². The van der Waals surface area contributed by atoms with Gasteiger partial charge < -0.3 is 24.8 Å². The molecular weight excluding hydrogens is 739 g/mol. The maximum absolute atomic E-state index is 2.37. The van der Waals surface area contributed by atoms with Crippen LogP contribution >= 0.6 is 0 Å². The van der Waals surface area contributed by atoms with Crippen LogP contribution in [0.5, 0.6) is 0 Å². The summed E-state index contributed by atoms with van der Waals surface area (Å²) in [6.07, 6.45) is 28.7. The number of fused-ring (bicyclic) bond motifs is 4. The molecule has 0 unspecified atom stereocenters. The van der Waals surface area contributed by atoms with E-state index in [1.165, 1.54) is 66.1 Å². The molecule has 0 nitrogen and oxygen atoms in total. The van der Waals surface area contributed by atoms with E-state index >= 15 is 0 Å². The van der Waals surface area contributed by atoms with E-state index in [-0.39, 0.29) is 34.8 Å². The monoisotopic (exact) mass is 774 g/mol. The van der Waals surface area contributed by atoms with Crippen LogP contribution < -0.4 is 24.8 Å². The van der Waals surface area contributed by atoms with Gasteiger partial charge in [0.15, 0.2) is 0 Å². The molecule has 0 aromatic heterocycles. The molecule has 0 radical (unpaired) electrons. The van der Waals surface area contributed by atoms with Crippen LogP contribution in [-0.2, 0) is 21.6 Å². The zero-order valence-electron chi connectivity index (χ0n) is 26.2. The van der Waals surface area contributed by atoms with Crippen LogP contribution in [0.4, 0.5) is 0 Å². The average Bonchev–Trinajstić information content (AvgIpc) is 3.61. The quantitative estimate of drug-likeness (QED) is 0.192. The van der Waals surface area contributed by atoms with Crippen molar-refractivity contribution in [3.05, 3.63) is 192 Å². The zero-order chi connectivity index (χ0) is 30.3. The summed E-state index contributed by atoms with van der Waals surface area (Å²) in [5.74, 6) is 4.75. The van der Waals surface area contributed by atoms with Crippen molar-refractivity contribution in [2.45, 2.75) is 24.4 Å². The van der Waals surface area contributed by atoms with Gasteiger partial charge in [-0.2, -0.15) is 36.1 Å². The van der Waals surface area contributed by atoms with Gasteiger partial charge >= 0.3 is 43.1 Å². The molecule has 0 amide bonds. The SMILES string of the molecule is C1=CC=C(c2cccc3ccccc23)C2=CC[CH-]C2=C1.C1=CC=C(c2cccc3ccccc23)C2=CC[CH-]C2=C1.[CH3][Ge]([CH3])=[Zr+2].[Cl-].[Cl-]. The Hall–Kier alpha value is -2.93. The van der Waals surface area contributed by atoms with Crippen LogP contribution in [0.15, 0.2) is 168 Å². The molecule has 0 fully saturated rings. The third-order valence-electron chi connectivity index (χ3n) is 7.98. The number of allylic oxidation sites excluding steroid dienone is 16.